The molecule has 2 aromatic carbocycles. The van der Waals surface area contributed by atoms with Crippen molar-refractivity contribution in [3.8, 4) is 0 Å². The SMILES string of the molecule is O=C(Nc1ccc(CC(=O)N2CCN(C(=O)C3CCCO3)CC2)cc1)c1cc2ccccc2o1. The molecule has 3 aromatic rings. The number of amides is 3. The first-order valence-electron chi connectivity index (χ1n) is 11.6. The smallest absolute Gasteiger partial charge is 0.291 e. The van der Waals surface area contributed by atoms with E-state index in [1.165, 1.54) is 0 Å². The number of fused-ring (bicyclic) bond motifs is 1. The number of ether oxygens (including phenoxy) is 1. The molecular weight excluding hydrogens is 434 g/mol. The van der Waals surface area contributed by atoms with Crippen LogP contribution >= 0.6 is 0 Å². The van der Waals surface area contributed by atoms with Gasteiger partial charge in [-0.2, -0.15) is 0 Å². The third-order valence-corrected chi connectivity index (χ3v) is 6.37. The van der Waals surface area contributed by atoms with Gasteiger partial charge < -0.3 is 24.3 Å². The van der Waals surface area contributed by atoms with Crippen molar-refractivity contribution in [1.29, 1.82) is 0 Å². The molecule has 3 heterocycles. The van der Waals surface area contributed by atoms with Crippen molar-refractivity contribution >= 4 is 34.4 Å². The number of nitrogens with one attached hydrogen (secondary N) is 1. The fraction of sp³-hybridized carbons (Fsp3) is 0.346. The number of nitrogens with zero attached hydrogens (tertiary/aromatic N) is 2. The second-order valence-electron chi connectivity index (χ2n) is 8.68. The summed E-state index contributed by atoms with van der Waals surface area (Å²) in [5.74, 6) is 0.00109. The van der Waals surface area contributed by atoms with E-state index in [1.54, 1.807) is 28.0 Å². The Balaban J connectivity index is 1.12. The first-order chi connectivity index (χ1) is 16.6. The Labute approximate surface area is 197 Å². The van der Waals surface area contributed by atoms with E-state index >= 15 is 0 Å². The first kappa shape index (κ1) is 22.2. The summed E-state index contributed by atoms with van der Waals surface area (Å²) in [4.78, 5) is 41.3. The first-order valence-corrected chi connectivity index (χ1v) is 11.6. The molecule has 2 fully saturated rings. The van der Waals surface area contributed by atoms with Crippen molar-refractivity contribution < 1.29 is 23.5 Å². The molecule has 2 aliphatic rings. The summed E-state index contributed by atoms with van der Waals surface area (Å²) in [6.45, 7) is 2.79. The number of piperazine rings is 1. The van der Waals surface area contributed by atoms with E-state index in [1.807, 2.05) is 36.4 Å². The summed E-state index contributed by atoms with van der Waals surface area (Å²) < 4.78 is 11.1. The molecule has 0 saturated carbocycles. The molecule has 0 bridgehead atoms. The Morgan fingerprint density at radius 1 is 0.941 bits per heavy atom. The van der Waals surface area contributed by atoms with Crippen LogP contribution in [0.3, 0.4) is 0 Å². The second-order valence-corrected chi connectivity index (χ2v) is 8.68. The Bertz CT molecular complexity index is 1160. The molecule has 0 aliphatic carbocycles. The topological polar surface area (TPSA) is 92.1 Å². The summed E-state index contributed by atoms with van der Waals surface area (Å²) in [6.07, 6.45) is 1.68. The molecule has 1 N–H and O–H groups in total. The highest BCUT2D eigenvalue weighted by atomic mass is 16.5. The normalized spacial score (nSPS) is 18.3. The summed E-state index contributed by atoms with van der Waals surface area (Å²) in [7, 11) is 0. The van der Waals surface area contributed by atoms with Gasteiger partial charge in [-0.25, -0.2) is 0 Å². The highest BCUT2D eigenvalue weighted by Gasteiger charge is 2.31. The third-order valence-electron chi connectivity index (χ3n) is 6.37. The van der Waals surface area contributed by atoms with Crippen molar-refractivity contribution in [1.82, 2.24) is 9.80 Å². The van der Waals surface area contributed by atoms with Gasteiger partial charge in [-0.15, -0.1) is 0 Å². The molecule has 1 unspecified atom stereocenters. The maximum absolute atomic E-state index is 12.7. The number of hydrogen-bond donors (Lipinski definition) is 1. The van der Waals surface area contributed by atoms with Gasteiger partial charge in [0.25, 0.3) is 11.8 Å². The lowest BCUT2D eigenvalue weighted by atomic mass is 10.1. The quantitative estimate of drug-likeness (QED) is 0.631. The monoisotopic (exact) mass is 461 g/mol. The molecule has 0 radical (unpaired) electrons. The molecular formula is C26H27N3O5. The van der Waals surface area contributed by atoms with Gasteiger partial charge in [0, 0.05) is 43.9 Å². The minimum Gasteiger partial charge on any atom is -0.451 e. The zero-order valence-corrected chi connectivity index (χ0v) is 18.9. The molecule has 5 rings (SSSR count). The lowest BCUT2D eigenvalue weighted by molar-refractivity contribution is -0.145. The van der Waals surface area contributed by atoms with Gasteiger partial charge in [0.05, 0.1) is 6.42 Å². The number of furan rings is 1. The Hall–Kier alpha value is -3.65. The number of para-hydroxylation sites is 1. The number of anilines is 1. The van der Waals surface area contributed by atoms with Crippen LogP contribution in [0.1, 0.15) is 29.0 Å². The molecule has 2 aliphatic heterocycles. The lowest BCUT2D eigenvalue weighted by Crippen LogP contribution is -2.53. The summed E-state index contributed by atoms with van der Waals surface area (Å²) in [6, 6.07) is 16.4. The van der Waals surface area contributed by atoms with Crippen LogP contribution in [-0.4, -0.2) is 66.4 Å². The zero-order valence-electron chi connectivity index (χ0n) is 18.9. The zero-order chi connectivity index (χ0) is 23.5. The minimum absolute atomic E-state index is 0.0308. The highest BCUT2D eigenvalue weighted by Crippen LogP contribution is 2.21. The largest absolute Gasteiger partial charge is 0.451 e. The Morgan fingerprint density at radius 2 is 1.68 bits per heavy atom. The number of benzene rings is 2. The van der Waals surface area contributed by atoms with E-state index in [0.717, 1.165) is 23.8 Å². The van der Waals surface area contributed by atoms with E-state index in [4.69, 9.17) is 9.15 Å². The maximum Gasteiger partial charge on any atom is 0.291 e. The van der Waals surface area contributed by atoms with Gasteiger partial charge in [-0.05, 0) is 42.7 Å². The summed E-state index contributed by atoms with van der Waals surface area (Å²) >= 11 is 0. The molecule has 0 spiro atoms. The van der Waals surface area contributed by atoms with Crippen molar-refractivity contribution in [2.24, 2.45) is 0 Å². The molecule has 34 heavy (non-hydrogen) atoms. The molecule has 176 valence electrons. The van der Waals surface area contributed by atoms with Gasteiger partial charge in [-0.1, -0.05) is 30.3 Å². The molecule has 8 heteroatoms. The van der Waals surface area contributed by atoms with E-state index < -0.39 is 0 Å². The average molecular weight is 462 g/mol. The van der Waals surface area contributed by atoms with Crippen molar-refractivity contribution in [2.75, 3.05) is 38.1 Å². The van der Waals surface area contributed by atoms with E-state index in [2.05, 4.69) is 5.32 Å². The van der Waals surface area contributed by atoms with E-state index in [9.17, 15) is 14.4 Å². The molecule has 1 aromatic heterocycles. The van der Waals surface area contributed by atoms with Crippen molar-refractivity contribution in [3.05, 3.63) is 65.9 Å². The van der Waals surface area contributed by atoms with Gasteiger partial charge in [0.1, 0.15) is 11.7 Å². The van der Waals surface area contributed by atoms with Gasteiger partial charge in [0.15, 0.2) is 5.76 Å². The summed E-state index contributed by atoms with van der Waals surface area (Å²) in [5, 5.41) is 3.70. The Kier molecular flexibility index (Phi) is 6.31. The number of carbonyl (C=O) groups is 3. The van der Waals surface area contributed by atoms with Gasteiger partial charge >= 0.3 is 0 Å². The van der Waals surface area contributed by atoms with Crippen LogP contribution in [0.25, 0.3) is 11.0 Å². The summed E-state index contributed by atoms with van der Waals surface area (Å²) in [5.41, 5.74) is 2.16. The predicted octanol–water partition coefficient (Wildman–Crippen LogP) is 3.08. The van der Waals surface area contributed by atoms with Crippen LogP contribution in [-0.2, 0) is 20.7 Å². The maximum atomic E-state index is 12.7. The van der Waals surface area contributed by atoms with Crippen LogP contribution in [0.5, 0.6) is 0 Å². The fourth-order valence-electron chi connectivity index (χ4n) is 4.43. The van der Waals surface area contributed by atoms with Gasteiger partial charge in [0.2, 0.25) is 5.91 Å². The average Bonchev–Trinajstić information content (AvgIpc) is 3.55. The number of carbonyl (C=O) groups excluding carboxylic acids is 3. The number of hydrogen-bond acceptors (Lipinski definition) is 5. The molecule has 2 saturated heterocycles. The van der Waals surface area contributed by atoms with Crippen molar-refractivity contribution in [2.45, 2.75) is 25.4 Å². The molecule has 8 nitrogen and oxygen atoms in total. The highest BCUT2D eigenvalue weighted by molar-refractivity contribution is 6.04. The fourth-order valence-corrected chi connectivity index (χ4v) is 4.43. The van der Waals surface area contributed by atoms with Crippen LogP contribution in [0, 0.1) is 0 Å². The minimum atomic E-state index is -0.324. The second kappa shape index (κ2) is 9.69. The van der Waals surface area contributed by atoms with E-state index in [-0.39, 0.29) is 36.0 Å². The molecule has 3 amide bonds. The third kappa shape index (κ3) is 4.82. The van der Waals surface area contributed by atoms with Gasteiger partial charge in [-0.3, -0.25) is 14.4 Å². The van der Waals surface area contributed by atoms with Crippen LogP contribution in [0.15, 0.2) is 59.0 Å². The van der Waals surface area contributed by atoms with Crippen LogP contribution in [0.4, 0.5) is 5.69 Å². The number of rotatable bonds is 5. The standard InChI is InChI=1S/C26H27N3O5/c30-24(28-11-13-29(14-12-28)26(32)22-6-3-15-33-22)16-18-7-9-20(10-8-18)27-25(31)23-17-19-4-1-2-5-21(19)34-23/h1-2,4-5,7-10,17,22H,3,6,11-16H2,(H,27,31). The molecule has 1 atom stereocenters. The lowest BCUT2D eigenvalue weighted by Gasteiger charge is -2.35. The Morgan fingerprint density at radius 3 is 2.38 bits per heavy atom. The van der Waals surface area contributed by atoms with Crippen molar-refractivity contribution in [3.63, 3.8) is 0 Å². The van der Waals surface area contributed by atoms with Crippen LogP contribution in [0.2, 0.25) is 0 Å². The van der Waals surface area contributed by atoms with E-state index in [0.29, 0.717) is 44.1 Å². The van der Waals surface area contributed by atoms with Crippen LogP contribution < -0.4 is 5.32 Å². The predicted molar refractivity (Wildman–Crippen MR) is 126 cm³/mol.